The highest BCUT2D eigenvalue weighted by Gasteiger charge is 2.00. The fourth-order valence-electron chi connectivity index (χ4n) is 1.04. The van der Waals surface area contributed by atoms with E-state index in [9.17, 15) is 0 Å². The standard InChI is InChI=1S/C10H17N3O/c1-7(2)4-5-14-10-6-9(11)12-8(3)13-10/h6-7H,4-5H2,1-3H3,(H2,11,12,13). The predicted molar refractivity (Wildman–Crippen MR) is 56.1 cm³/mol. The molecule has 0 saturated carbocycles. The van der Waals surface area contributed by atoms with Gasteiger partial charge in [-0.15, -0.1) is 0 Å². The summed E-state index contributed by atoms with van der Waals surface area (Å²) in [6.45, 7) is 6.78. The Hall–Kier alpha value is -1.32. The molecule has 0 spiro atoms. The quantitative estimate of drug-likeness (QED) is 0.795. The summed E-state index contributed by atoms with van der Waals surface area (Å²) in [4.78, 5) is 8.08. The molecule has 1 aromatic rings. The van der Waals surface area contributed by atoms with Gasteiger partial charge < -0.3 is 10.5 Å². The number of nitrogens with zero attached hydrogens (tertiary/aromatic N) is 2. The van der Waals surface area contributed by atoms with Crippen molar-refractivity contribution in [3.05, 3.63) is 11.9 Å². The third-order valence-electron chi connectivity index (χ3n) is 1.78. The zero-order chi connectivity index (χ0) is 10.6. The van der Waals surface area contributed by atoms with E-state index in [1.807, 2.05) is 0 Å². The minimum atomic E-state index is 0.456. The molecule has 1 heterocycles. The maximum Gasteiger partial charge on any atom is 0.218 e. The van der Waals surface area contributed by atoms with E-state index in [2.05, 4.69) is 23.8 Å². The molecule has 0 aliphatic carbocycles. The van der Waals surface area contributed by atoms with Crippen molar-refractivity contribution in [2.24, 2.45) is 5.92 Å². The number of aryl methyl sites for hydroxylation is 1. The van der Waals surface area contributed by atoms with Crippen molar-refractivity contribution in [3.63, 3.8) is 0 Å². The summed E-state index contributed by atoms with van der Waals surface area (Å²) >= 11 is 0. The van der Waals surface area contributed by atoms with Crippen LogP contribution in [0.5, 0.6) is 5.88 Å². The lowest BCUT2D eigenvalue weighted by Crippen LogP contribution is -2.05. The van der Waals surface area contributed by atoms with E-state index in [0.717, 1.165) is 6.42 Å². The van der Waals surface area contributed by atoms with Gasteiger partial charge >= 0.3 is 0 Å². The Morgan fingerprint density at radius 1 is 1.43 bits per heavy atom. The van der Waals surface area contributed by atoms with Gasteiger partial charge in [0.05, 0.1) is 6.61 Å². The number of rotatable bonds is 4. The van der Waals surface area contributed by atoms with E-state index in [1.165, 1.54) is 0 Å². The van der Waals surface area contributed by atoms with Gasteiger partial charge in [0.1, 0.15) is 11.6 Å². The Bertz CT molecular complexity index is 279. The van der Waals surface area contributed by atoms with Gasteiger partial charge in [0, 0.05) is 6.07 Å². The predicted octanol–water partition coefficient (Wildman–Crippen LogP) is 1.79. The van der Waals surface area contributed by atoms with Gasteiger partial charge in [-0.05, 0) is 19.3 Å². The van der Waals surface area contributed by atoms with E-state index in [4.69, 9.17) is 10.5 Å². The zero-order valence-corrected chi connectivity index (χ0v) is 8.95. The summed E-state index contributed by atoms with van der Waals surface area (Å²) < 4.78 is 5.45. The highest BCUT2D eigenvalue weighted by Crippen LogP contribution is 2.11. The highest BCUT2D eigenvalue weighted by atomic mass is 16.5. The second kappa shape index (κ2) is 4.79. The van der Waals surface area contributed by atoms with Crippen molar-refractivity contribution in [3.8, 4) is 5.88 Å². The fraction of sp³-hybridized carbons (Fsp3) is 0.600. The molecule has 14 heavy (non-hydrogen) atoms. The molecule has 0 bridgehead atoms. The molecular weight excluding hydrogens is 178 g/mol. The van der Waals surface area contributed by atoms with Crippen molar-refractivity contribution in [1.29, 1.82) is 0 Å². The average Bonchev–Trinajstić information content (AvgIpc) is 2.01. The lowest BCUT2D eigenvalue weighted by molar-refractivity contribution is 0.278. The van der Waals surface area contributed by atoms with Crippen LogP contribution in [-0.4, -0.2) is 16.6 Å². The molecule has 78 valence electrons. The molecule has 0 aliphatic heterocycles. The normalized spacial score (nSPS) is 10.6. The molecule has 0 aliphatic rings. The van der Waals surface area contributed by atoms with Gasteiger partial charge in [0.15, 0.2) is 0 Å². The molecular formula is C10H17N3O. The molecule has 2 N–H and O–H groups in total. The second-order valence-corrected chi connectivity index (χ2v) is 3.71. The van der Waals surface area contributed by atoms with Crippen LogP contribution in [0.25, 0.3) is 0 Å². The van der Waals surface area contributed by atoms with Crippen LogP contribution in [0.4, 0.5) is 5.82 Å². The van der Waals surface area contributed by atoms with Crippen LogP contribution in [0.2, 0.25) is 0 Å². The number of nitrogen functional groups attached to an aromatic ring is 1. The summed E-state index contributed by atoms with van der Waals surface area (Å²) in [5.74, 6) is 2.30. The smallest absolute Gasteiger partial charge is 0.218 e. The van der Waals surface area contributed by atoms with Crippen molar-refractivity contribution in [2.45, 2.75) is 27.2 Å². The van der Waals surface area contributed by atoms with Crippen molar-refractivity contribution in [2.75, 3.05) is 12.3 Å². The van der Waals surface area contributed by atoms with Gasteiger partial charge in [-0.3, -0.25) is 0 Å². The zero-order valence-electron chi connectivity index (χ0n) is 8.95. The number of anilines is 1. The molecule has 0 saturated heterocycles. The number of ether oxygens (including phenoxy) is 1. The molecule has 0 fully saturated rings. The van der Waals surface area contributed by atoms with Crippen molar-refractivity contribution in [1.82, 2.24) is 9.97 Å². The third-order valence-corrected chi connectivity index (χ3v) is 1.78. The Morgan fingerprint density at radius 2 is 2.14 bits per heavy atom. The summed E-state index contributed by atoms with van der Waals surface area (Å²) in [5, 5.41) is 0. The maximum atomic E-state index is 5.56. The van der Waals surface area contributed by atoms with Crippen LogP contribution in [0.1, 0.15) is 26.1 Å². The molecule has 0 radical (unpaired) electrons. The topological polar surface area (TPSA) is 61.0 Å². The van der Waals surface area contributed by atoms with Crippen LogP contribution in [0, 0.1) is 12.8 Å². The highest BCUT2D eigenvalue weighted by molar-refractivity contribution is 5.32. The minimum Gasteiger partial charge on any atom is -0.478 e. The Labute approximate surface area is 84.5 Å². The molecule has 1 rings (SSSR count). The van der Waals surface area contributed by atoms with Gasteiger partial charge in [0.2, 0.25) is 5.88 Å². The van der Waals surface area contributed by atoms with Crippen molar-refractivity contribution < 1.29 is 4.74 Å². The summed E-state index contributed by atoms with van der Waals surface area (Å²) in [6.07, 6.45) is 1.02. The maximum absolute atomic E-state index is 5.56. The first kappa shape index (κ1) is 10.8. The number of hydrogen-bond donors (Lipinski definition) is 1. The Kier molecular flexibility index (Phi) is 3.68. The first-order chi connectivity index (χ1) is 6.58. The monoisotopic (exact) mass is 195 g/mol. The summed E-state index contributed by atoms with van der Waals surface area (Å²) in [5.41, 5.74) is 5.56. The molecule has 0 unspecified atom stereocenters. The van der Waals surface area contributed by atoms with Crippen LogP contribution in [-0.2, 0) is 0 Å². The third kappa shape index (κ3) is 3.60. The average molecular weight is 195 g/mol. The SMILES string of the molecule is Cc1nc(N)cc(OCCC(C)C)n1. The lowest BCUT2D eigenvalue weighted by Gasteiger charge is -2.07. The molecule has 1 aromatic heterocycles. The van der Waals surface area contributed by atoms with Gasteiger partial charge in [-0.25, -0.2) is 4.98 Å². The van der Waals surface area contributed by atoms with Gasteiger partial charge in [-0.1, -0.05) is 13.8 Å². The fourth-order valence-corrected chi connectivity index (χ4v) is 1.04. The van der Waals surface area contributed by atoms with Crippen LogP contribution in [0.15, 0.2) is 6.07 Å². The van der Waals surface area contributed by atoms with Crippen LogP contribution < -0.4 is 10.5 Å². The molecule has 0 atom stereocenters. The number of nitrogens with two attached hydrogens (primary N) is 1. The van der Waals surface area contributed by atoms with E-state index < -0.39 is 0 Å². The van der Waals surface area contributed by atoms with Crippen molar-refractivity contribution >= 4 is 5.82 Å². The number of hydrogen-bond acceptors (Lipinski definition) is 4. The largest absolute Gasteiger partial charge is 0.478 e. The van der Waals surface area contributed by atoms with E-state index in [1.54, 1.807) is 13.0 Å². The van der Waals surface area contributed by atoms with Gasteiger partial charge in [0.25, 0.3) is 0 Å². The lowest BCUT2D eigenvalue weighted by atomic mass is 10.1. The van der Waals surface area contributed by atoms with Crippen LogP contribution in [0.3, 0.4) is 0 Å². The minimum absolute atomic E-state index is 0.456. The second-order valence-electron chi connectivity index (χ2n) is 3.71. The molecule has 4 nitrogen and oxygen atoms in total. The molecule has 0 aromatic carbocycles. The first-order valence-electron chi connectivity index (χ1n) is 4.82. The summed E-state index contributed by atoms with van der Waals surface area (Å²) in [7, 11) is 0. The van der Waals surface area contributed by atoms with Crippen LogP contribution >= 0.6 is 0 Å². The van der Waals surface area contributed by atoms with E-state index >= 15 is 0 Å². The number of aromatic nitrogens is 2. The van der Waals surface area contributed by atoms with E-state index in [0.29, 0.717) is 30.0 Å². The summed E-state index contributed by atoms with van der Waals surface area (Å²) in [6, 6.07) is 1.65. The van der Waals surface area contributed by atoms with E-state index in [-0.39, 0.29) is 0 Å². The Balaban J connectivity index is 2.50. The first-order valence-corrected chi connectivity index (χ1v) is 4.82. The Morgan fingerprint density at radius 3 is 2.71 bits per heavy atom. The molecule has 4 heteroatoms. The van der Waals surface area contributed by atoms with Gasteiger partial charge in [-0.2, -0.15) is 4.98 Å². The molecule has 0 amide bonds.